The maximum Gasteiger partial charge on any atom is 0.213 e. The van der Waals surface area contributed by atoms with Gasteiger partial charge in [0.2, 0.25) is 20.0 Å². The van der Waals surface area contributed by atoms with Crippen molar-refractivity contribution >= 4 is 20.0 Å². The van der Waals surface area contributed by atoms with Gasteiger partial charge < -0.3 is 0 Å². The summed E-state index contributed by atoms with van der Waals surface area (Å²) in [5.41, 5.74) is 2.33. The fourth-order valence-electron chi connectivity index (χ4n) is 2.22. The van der Waals surface area contributed by atoms with Crippen LogP contribution >= 0.6 is 0 Å². The molecule has 2 N–H and O–H groups in total. The van der Waals surface area contributed by atoms with Gasteiger partial charge in [0.05, 0.1) is 10.5 Å². The van der Waals surface area contributed by atoms with E-state index in [-0.39, 0.29) is 0 Å². The summed E-state index contributed by atoms with van der Waals surface area (Å²) in [6, 6.07) is 8.18. The van der Waals surface area contributed by atoms with Crippen molar-refractivity contribution < 1.29 is 16.8 Å². The van der Waals surface area contributed by atoms with Crippen LogP contribution in [-0.2, 0) is 32.9 Å². The van der Waals surface area contributed by atoms with Crippen LogP contribution in [0, 0.1) is 0 Å². The first-order chi connectivity index (χ1) is 12.0. The third-order valence-electron chi connectivity index (χ3n) is 4.16. The van der Waals surface area contributed by atoms with E-state index in [0.29, 0.717) is 13.1 Å². The van der Waals surface area contributed by atoms with E-state index in [2.05, 4.69) is 9.44 Å². The van der Waals surface area contributed by atoms with Gasteiger partial charge in [0.1, 0.15) is 0 Å². The third-order valence-corrected chi connectivity index (χ3v) is 7.85. The summed E-state index contributed by atoms with van der Waals surface area (Å²) >= 11 is 0. The summed E-state index contributed by atoms with van der Waals surface area (Å²) < 4.78 is 51.8. The Morgan fingerprint density at radius 1 is 0.692 bits per heavy atom. The lowest BCUT2D eigenvalue weighted by Gasteiger charge is -2.10. The maximum atomic E-state index is 11.7. The lowest BCUT2D eigenvalue weighted by molar-refractivity contribution is 0.568. The zero-order chi connectivity index (χ0) is 19.8. The minimum atomic E-state index is -3.19. The van der Waals surface area contributed by atoms with Gasteiger partial charge in [-0.1, -0.05) is 24.3 Å². The Kier molecular flexibility index (Phi) is 9.23. The van der Waals surface area contributed by atoms with Crippen LogP contribution in [-0.4, -0.2) is 40.4 Å². The fourth-order valence-corrected chi connectivity index (χ4v) is 3.74. The molecule has 0 spiro atoms. The van der Waals surface area contributed by atoms with Gasteiger partial charge in [-0.15, -0.1) is 0 Å². The molecule has 0 aliphatic carbocycles. The number of benzene rings is 1. The predicted molar refractivity (Wildman–Crippen MR) is 107 cm³/mol. The van der Waals surface area contributed by atoms with E-state index in [1.54, 1.807) is 27.7 Å². The van der Waals surface area contributed by atoms with Gasteiger partial charge in [0.25, 0.3) is 0 Å². The molecule has 1 aromatic rings. The summed E-state index contributed by atoms with van der Waals surface area (Å²) in [5, 5.41) is -0.821. The van der Waals surface area contributed by atoms with Gasteiger partial charge in [0.15, 0.2) is 0 Å². The van der Waals surface area contributed by atoms with Crippen molar-refractivity contribution in [2.75, 3.05) is 13.1 Å². The molecule has 150 valence electrons. The average Bonchev–Trinajstić information content (AvgIpc) is 2.56. The second-order valence-corrected chi connectivity index (χ2v) is 11.6. The first-order valence-electron chi connectivity index (χ1n) is 9.09. The lowest BCUT2D eigenvalue weighted by Crippen LogP contribution is -2.31. The zero-order valence-electron chi connectivity index (χ0n) is 16.2. The van der Waals surface area contributed by atoms with Crippen molar-refractivity contribution in [2.45, 2.75) is 63.9 Å². The SMILES string of the molecule is CC(C)S(=O)(=O)NCCCc1ccc(CCCNS(=O)(=O)C(C)C)cc1. The van der Waals surface area contributed by atoms with E-state index in [4.69, 9.17) is 0 Å². The van der Waals surface area contributed by atoms with Crippen molar-refractivity contribution in [2.24, 2.45) is 0 Å². The molecule has 0 amide bonds. The number of sulfonamides is 2. The Morgan fingerprint density at radius 3 is 1.27 bits per heavy atom. The Hall–Kier alpha value is -0.960. The molecule has 0 fully saturated rings. The molecule has 0 saturated heterocycles. The summed E-state index contributed by atoms with van der Waals surface area (Å²) in [7, 11) is -6.37. The molecule has 0 atom stereocenters. The van der Waals surface area contributed by atoms with Gasteiger partial charge in [0, 0.05) is 13.1 Å². The highest BCUT2D eigenvalue weighted by molar-refractivity contribution is 7.90. The van der Waals surface area contributed by atoms with E-state index in [9.17, 15) is 16.8 Å². The first kappa shape index (κ1) is 23.1. The largest absolute Gasteiger partial charge is 0.215 e. The number of aryl methyl sites for hydroxylation is 2. The van der Waals surface area contributed by atoms with Crippen molar-refractivity contribution in [3.8, 4) is 0 Å². The summed E-state index contributed by atoms with van der Waals surface area (Å²) in [6.07, 6.45) is 3.13. The normalized spacial score (nSPS) is 12.8. The van der Waals surface area contributed by atoms with Crippen LogP contribution in [0.15, 0.2) is 24.3 Å². The third kappa shape index (κ3) is 8.16. The summed E-state index contributed by atoms with van der Waals surface area (Å²) in [6.45, 7) is 7.53. The minimum absolute atomic E-state index is 0.410. The highest BCUT2D eigenvalue weighted by Gasteiger charge is 2.14. The average molecular weight is 405 g/mol. The monoisotopic (exact) mass is 404 g/mol. The van der Waals surface area contributed by atoms with Crippen LogP contribution in [0.4, 0.5) is 0 Å². The molecular formula is C18H32N2O4S2. The standard InChI is InChI=1S/C18H32N2O4S2/c1-15(2)25(21,22)19-13-5-7-17-9-11-18(12-10-17)8-6-14-20-26(23,24)16(3)4/h9-12,15-16,19-20H,5-8,13-14H2,1-4H3. The topological polar surface area (TPSA) is 92.3 Å². The second kappa shape index (κ2) is 10.4. The Labute approximate surface area is 158 Å². The van der Waals surface area contributed by atoms with Gasteiger partial charge in [-0.3, -0.25) is 0 Å². The van der Waals surface area contributed by atoms with E-state index in [1.165, 1.54) is 0 Å². The highest BCUT2D eigenvalue weighted by atomic mass is 32.2. The Bertz CT molecular complexity index is 675. The van der Waals surface area contributed by atoms with Crippen molar-refractivity contribution in [1.29, 1.82) is 0 Å². The van der Waals surface area contributed by atoms with Crippen LogP contribution in [0.2, 0.25) is 0 Å². The molecule has 1 rings (SSSR count). The molecular weight excluding hydrogens is 372 g/mol. The van der Waals surface area contributed by atoms with Crippen molar-refractivity contribution in [3.63, 3.8) is 0 Å². The minimum Gasteiger partial charge on any atom is -0.215 e. The molecule has 0 aromatic heterocycles. The zero-order valence-corrected chi connectivity index (χ0v) is 17.8. The van der Waals surface area contributed by atoms with Crippen LogP contribution < -0.4 is 9.44 Å². The van der Waals surface area contributed by atoms with Crippen molar-refractivity contribution in [1.82, 2.24) is 9.44 Å². The van der Waals surface area contributed by atoms with E-state index < -0.39 is 30.5 Å². The summed E-state index contributed by atoms with van der Waals surface area (Å²) in [5.74, 6) is 0. The van der Waals surface area contributed by atoms with Gasteiger partial charge >= 0.3 is 0 Å². The number of nitrogens with one attached hydrogen (secondary N) is 2. The molecule has 6 nitrogen and oxygen atoms in total. The molecule has 26 heavy (non-hydrogen) atoms. The Morgan fingerprint density at radius 2 is 1.00 bits per heavy atom. The van der Waals surface area contributed by atoms with E-state index >= 15 is 0 Å². The quantitative estimate of drug-likeness (QED) is 0.523. The maximum absolute atomic E-state index is 11.7. The molecule has 0 heterocycles. The Balaban J connectivity index is 2.31. The predicted octanol–water partition coefficient (Wildman–Crippen LogP) is 2.21. The lowest BCUT2D eigenvalue weighted by atomic mass is 10.0. The number of hydrogen-bond acceptors (Lipinski definition) is 4. The van der Waals surface area contributed by atoms with Crippen LogP contribution in [0.1, 0.15) is 51.7 Å². The molecule has 0 aliphatic heterocycles. The van der Waals surface area contributed by atoms with Crippen LogP contribution in [0.3, 0.4) is 0 Å². The van der Waals surface area contributed by atoms with Crippen LogP contribution in [0.25, 0.3) is 0 Å². The molecule has 8 heteroatoms. The molecule has 0 bridgehead atoms. The van der Waals surface area contributed by atoms with Crippen molar-refractivity contribution in [3.05, 3.63) is 35.4 Å². The molecule has 0 radical (unpaired) electrons. The molecule has 1 aromatic carbocycles. The van der Waals surface area contributed by atoms with Crippen LogP contribution in [0.5, 0.6) is 0 Å². The van der Waals surface area contributed by atoms with Gasteiger partial charge in [-0.05, 0) is 64.5 Å². The molecule has 0 saturated carbocycles. The molecule has 0 aliphatic rings. The van der Waals surface area contributed by atoms with E-state index in [0.717, 1.165) is 36.8 Å². The summed E-state index contributed by atoms with van der Waals surface area (Å²) in [4.78, 5) is 0. The number of hydrogen-bond donors (Lipinski definition) is 2. The fraction of sp³-hybridized carbons (Fsp3) is 0.667. The van der Waals surface area contributed by atoms with E-state index in [1.807, 2.05) is 24.3 Å². The highest BCUT2D eigenvalue weighted by Crippen LogP contribution is 2.09. The first-order valence-corrected chi connectivity index (χ1v) is 12.2. The smallest absolute Gasteiger partial charge is 0.213 e. The van der Waals surface area contributed by atoms with Gasteiger partial charge in [-0.25, -0.2) is 26.3 Å². The number of rotatable bonds is 12. The second-order valence-electron chi connectivity index (χ2n) is 7.00. The molecule has 0 unspecified atom stereocenters. The van der Waals surface area contributed by atoms with Gasteiger partial charge in [-0.2, -0.15) is 0 Å².